The van der Waals surface area contributed by atoms with E-state index in [9.17, 15) is 18.0 Å². The fourth-order valence-corrected chi connectivity index (χ4v) is 4.60. The van der Waals surface area contributed by atoms with E-state index >= 15 is 0 Å². The molecule has 0 aliphatic carbocycles. The zero-order valence-electron chi connectivity index (χ0n) is 17.8. The van der Waals surface area contributed by atoms with Crippen LogP contribution in [0.4, 0.5) is 5.69 Å². The number of benzene rings is 2. The summed E-state index contributed by atoms with van der Waals surface area (Å²) in [4.78, 5) is 27.2. The molecule has 2 aromatic rings. The molecule has 0 radical (unpaired) electrons. The molecule has 0 aliphatic heterocycles. The molecule has 32 heavy (non-hydrogen) atoms. The number of halogens is 3. The van der Waals surface area contributed by atoms with E-state index < -0.39 is 28.5 Å². The normalized spacial score (nSPS) is 12.2. The number of amides is 2. The first-order valence-electron chi connectivity index (χ1n) is 9.67. The number of sulfonamides is 1. The number of likely N-dealkylation sites (N-methyl/N-ethyl adjacent to an activating group) is 1. The second-order valence-electron chi connectivity index (χ2n) is 7.12. The average molecular weight is 565 g/mol. The highest BCUT2D eigenvalue weighted by atomic mass is 79.9. The van der Waals surface area contributed by atoms with Crippen LogP contribution in [0.15, 0.2) is 46.9 Å². The number of nitrogens with zero attached hydrogens (tertiary/aromatic N) is 2. The highest BCUT2D eigenvalue weighted by molar-refractivity contribution is 9.10. The smallest absolute Gasteiger partial charge is 0.244 e. The summed E-state index contributed by atoms with van der Waals surface area (Å²) in [6.07, 6.45) is 0.987. The lowest BCUT2D eigenvalue weighted by molar-refractivity contribution is -0.139. The van der Waals surface area contributed by atoms with Gasteiger partial charge in [0.1, 0.15) is 12.6 Å². The SMILES string of the molecule is CCNC(=O)[C@H](C)N(Cc1ccc(Br)cc1)C(=O)CN(c1cc(Cl)cc(Cl)c1)S(C)(=O)=O. The van der Waals surface area contributed by atoms with Gasteiger partial charge in [-0.1, -0.05) is 51.3 Å². The Kier molecular flexibility index (Phi) is 9.39. The Hall–Kier alpha value is -1.81. The number of rotatable bonds is 9. The van der Waals surface area contributed by atoms with Crippen molar-refractivity contribution in [2.45, 2.75) is 26.4 Å². The van der Waals surface area contributed by atoms with Crippen molar-refractivity contribution in [1.82, 2.24) is 10.2 Å². The van der Waals surface area contributed by atoms with Crippen molar-refractivity contribution in [3.63, 3.8) is 0 Å². The predicted molar refractivity (Wildman–Crippen MR) is 131 cm³/mol. The highest BCUT2D eigenvalue weighted by Crippen LogP contribution is 2.27. The molecule has 0 spiro atoms. The summed E-state index contributed by atoms with van der Waals surface area (Å²) >= 11 is 15.4. The van der Waals surface area contributed by atoms with Crippen molar-refractivity contribution in [1.29, 1.82) is 0 Å². The number of nitrogens with one attached hydrogen (secondary N) is 1. The second kappa shape index (κ2) is 11.4. The largest absolute Gasteiger partial charge is 0.355 e. The molecule has 2 aromatic carbocycles. The maximum atomic E-state index is 13.3. The Labute approximate surface area is 206 Å². The average Bonchev–Trinajstić information content (AvgIpc) is 2.69. The van der Waals surface area contributed by atoms with Gasteiger partial charge in [-0.2, -0.15) is 0 Å². The van der Waals surface area contributed by atoms with Crippen LogP contribution in [0.1, 0.15) is 19.4 Å². The van der Waals surface area contributed by atoms with E-state index in [0.717, 1.165) is 20.6 Å². The third kappa shape index (κ3) is 7.37. The Morgan fingerprint density at radius 1 is 1.09 bits per heavy atom. The molecule has 0 saturated heterocycles. The van der Waals surface area contributed by atoms with Crippen molar-refractivity contribution in [2.75, 3.05) is 23.7 Å². The number of hydrogen-bond donors (Lipinski definition) is 1. The molecule has 0 unspecified atom stereocenters. The molecule has 0 aliphatic rings. The number of carbonyl (C=O) groups is 2. The Morgan fingerprint density at radius 3 is 2.16 bits per heavy atom. The van der Waals surface area contributed by atoms with E-state index in [0.29, 0.717) is 6.54 Å². The molecule has 0 fully saturated rings. The first-order valence-corrected chi connectivity index (χ1v) is 13.1. The van der Waals surface area contributed by atoms with Crippen molar-refractivity contribution in [3.8, 4) is 0 Å². The van der Waals surface area contributed by atoms with Gasteiger partial charge in [0.15, 0.2) is 0 Å². The fraction of sp³-hybridized carbons (Fsp3) is 0.333. The van der Waals surface area contributed by atoms with Gasteiger partial charge in [0, 0.05) is 27.6 Å². The van der Waals surface area contributed by atoms with Crippen LogP contribution in [0.3, 0.4) is 0 Å². The van der Waals surface area contributed by atoms with Gasteiger partial charge in [0.25, 0.3) is 0 Å². The van der Waals surface area contributed by atoms with Crippen LogP contribution in [0.2, 0.25) is 10.0 Å². The standard InChI is InChI=1S/C21H24BrCl2N3O4S/c1-4-25-21(29)14(2)26(12-15-5-7-16(22)8-6-15)20(28)13-27(32(3,30)31)19-10-17(23)9-18(24)11-19/h5-11,14H,4,12-13H2,1-3H3,(H,25,29)/t14-/m0/s1. The summed E-state index contributed by atoms with van der Waals surface area (Å²) in [7, 11) is -3.85. The minimum Gasteiger partial charge on any atom is -0.355 e. The summed E-state index contributed by atoms with van der Waals surface area (Å²) in [5.41, 5.74) is 0.946. The second-order valence-corrected chi connectivity index (χ2v) is 10.8. The summed E-state index contributed by atoms with van der Waals surface area (Å²) < 4.78 is 26.8. The van der Waals surface area contributed by atoms with Gasteiger partial charge in [-0.3, -0.25) is 13.9 Å². The maximum absolute atomic E-state index is 13.3. The molecule has 11 heteroatoms. The predicted octanol–water partition coefficient (Wildman–Crippen LogP) is 4.08. The fourth-order valence-electron chi connectivity index (χ4n) is 2.99. The first kappa shape index (κ1) is 26.4. The number of hydrogen-bond acceptors (Lipinski definition) is 4. The minimum absolute atomic E-state index is 0.123. The summed E-state index contributed by atoms with van der Waals surface area (Å²) in [5.74, 6) is -0.886. The molecule has 1 atom stereocenters. The van der Waals surface area contributed by atoms with Crippen LogP contribution in [0.5, 0.6) is 0 Å². The summed E-state index contributed by atoms with van der Waals surface area (Å²) in [6, 6.07) is 10.8. The molecule has 2 amide bonds. The molecular weight excluding hydrogens is 541 g/mol. The quantitative estimate of drug-likeness (QED) is 0.497. The topological polar surface area (TPSA) is 86.8 Å². The number of anilines is 1. The molecule has 0 heterocycles. The van der Waals surface area contributed by atoms with Crippen LogP contribution in [-0.4, -0.2) is 50.5 Å². The van der Waals surface area contributed by atoms with E-state index in [1.807, 2.05) is 24.3 Å². The Morgan fingerprint density at radius 2 is 1.66 bits per heavy atom. The third-order valence-electron chi connectivity index (χ3n) is 4.60. The first-order chi connectivity index (χ1) is 14.9. The van der Waals surface area contributed by atoms with Gasteiger partial charge in [-0.05, 0) is 49.7 Å². The van der Waals surface area contributed by atoms with Crippen molar-refractivity contribution in [3.05, 3.63) is 62.5 Å². The van der Waals surface area contributed by atoms with Gasteiger partial charge >= 0.3 is 0 Å². The molecular formula is C21H24BrCl2N3O4S. The van der Waals surface area contributed by atoms with Gasteiger partial charge in [-0.25, -0.2) is 8.42 Å². The van der Waals surface area contributed by atoms with Crippen LogP contribution in [0, 0.1) is 0 Å². The summed E-state index contributed by atoms with van der Waals surface area (Å²) in [6.45, 7) is 3.39. The Bertz CT molecular complexity index is 1060. The zero-order valence-corrected chi connectivity index (χ0v) is 21.7. The van der Waals surface area contributed by atoms with Crippen LogP contribution >= 0.6 is 39.1 Å². The third-order valence-corrected chi connectivity index (χ3v) is 6.70. The lowest BCUT2D eigenvalue weighted by Crippen LogP contribution is -2.51. The lowest BCUT2D eigenvalue weighted by Gasteiger charge is -2.31. The van der Waals surface area contributed by atoms with E-state index in [-0.39, 0.29) is 28.2 Å². The van der Waals surface area contributed by atoms with E-state index in [1.54, 1.807) is 13.8 Å². The van der Waals surface area contributed by atoms with E-state index in [1.165, 1.54) is 23.1 Å². The molecule has 1 N–H and O–H groups in total. The van der Waals surface area contributed by atoms with Gasteiger partial charge in [0.2, 0.25) is 21.8 Å². The van der Waals surface area contributed by atoms with Gasteiger partial charge in [0.05, 0.1) is 11.9 Å². The lowest BCUT2D eigenvalue weighted by atomic mass is 10.1. The van der Waals surface area contributed by atoms with Crippen LogP contribution in [0.25, 0.3) is 0 Å². The van der Waals surface area contributed by atoms with Crippen LogP contribution < -0.4 is 9.62 Å². The van der Waals surface area contributed by atoms with E-state index in [4.69, 9.17) is 23.2 Å². The summed E-state index contributed by atoms with van der Waals surface area (Å²) in [5, 5.41) is 3.16. The van der Waals surface area contributed by atoms with Crippen molar-refractivity contribution >= 4 is 66.7 Å². The molecule has 7 nitrogen and oxygen atoms in total. The maximum Gasteiger partial charge on any atom is 0.244 e. The molecule has 0 bridgehead atoms. The highest BCUT2D eigenvalue weighted by Gasteiger charge is 2.30. The molecule has 2 rings (SSSR count). The van der Waals surface area contributed by atoms with E-state index in [2.05, 4.69) is 21.2 Å². The molecule has 0 aromatic heterocycles. The van der Waals surface area contributed by atoms with Gasteiger partial charge in [-0.15, -0.1) is 0 Å². The molecule has 174 valence electrons. The monoisotopic (exact) mass is 563 g/mol. The van der Waals surface area contributed by atoms with Crippen molar-refractivity contribution < 1.29 is 18.0 Å². The Balaban J connectivity index is 2.40. The van der Waals surface area contributed by atoms with Crippen molar-refractivity contribution in [2.24, 2.45) is 0 Å². The number of carbonyl (C=O) groups excluding carboxylic acids is 2. The minimum atomic E-state index is -3.85. The molecule has 0 saturated carbocycles. The zero-order chi connectivity index (χ0) is 24.1. The van der Waals surface area contributed by atoms with Gasteiger partial charge < -0.3 is 10.2 Å². The van der Waals surface area contributed by atoms with Crippen LogP contribution in [-0.2, 0) is 26.2 Å².